The Bertz CT molecular complexity index is 832. The molecule has 0 amide bonds. The van der Waals surface area contributed by atoms with Crippen molar-refractivity contribution < 1.29 is 18.3 Å². The second kappa shape index (κ2) is 7.43. The maximum absolute atomic E-state index is 14.3. The molecule has 1 fully saturated rings. The molecule has 0 unspecified atom stereocenters. The van der Waals surface area contributed by atoms with Crippen LogP contribution in [0.5, 0.6) is 5.75 Å². The molecule has 6 heteroatoms. The van der Waals surface area contributed by atoms with E-state index in [0.717, 1.165) is 22.4 Å². The van der Waals surface area contributed by atoms with Crippen LogP contribution in [-0.2, 0) is 17.9 Å². The van der Waals surface area contributed by atoms with Crippen molar-refractivity contribution in [2.75, 3.05) is 20.2 Å². The molecule has 1 aliphatic heterocycles. The summed E-state index contributed by atoms with van der Waals surface area (Å²) in [6.07, 6.45) is -1.49. The molecule has 4 rings (SSSR count). The van der Waals surface area contributed by atoms with Crippen molar-refractivity contribution in [3.8, 4) is 5.75 Å². The number of nitrogens with zero attached hydrogens (tertiary/aromatic N) is 2. The van der Waals surface area contributed by atoms with Gasteiger partial charge >= 0.3 is 0 Å². The van der Waals surface area contributed by atoms with Gasteiger partial charge in [-0.05, 0) is 29.8 Å². The minimum Gasteiger partial charge on any atom is -0.497 e. The van der Waals surface area contributed by atoms with Crippen molar-refractivity contribution in [2.24, 2.45) is 0 Å². The van der Waals surface area contributed by atoms with Crippen LogP contribution in [0.25, 0.3) is 11.1 Å². The number of para-hydroxylation sites is 2. The fourth-order valence-corrected chi connectivity index (χ4v) is 3.24. The van der Waals surface area contributed by atoms with E-state index >= 15 is 0 Å². The van der Waals surface area contributed by atoms with Crippen molar-refractivity contribution in [3.63, 3.8) is 0 Å². The van der Waals surface area contributed by atoms with Gasteiger partial charge < -0.3 is 13.9 Å². The van der Waals surface area contributed by atoms with Crippen LogP contribution in [0.2, 0.25) is 0 Å². The van der Waals surface area contributed by atoms with Crippen LogP contribution in [0.15, 0.2) is 52.9 Å². The summed E-state index contributed by atoms with van der Waals surface area (Å²) in [6.45, 7) is 1.78. The Morgan fingerprint density at radius 3 is 2.73 bits per heavy atom. The maximum Gasteiger partial charge on any atom is 0.221 e. The highest BCUT2D eigenvalue weighted by Crippen LogP contribution is 2.22. The lowest BCUT2D eigenvalue weighted by Gasteiger charge is -2.15. The van der Waals surface area contributed by atoms with E-state index in [0.29, 0.717) is 25.5 Å². The molecule has 2 atom stereocenters. The van der Waals surface area contributed by atoms with Crippen LogP contribution in [0.4, 0.5) is 4.39 Å². The molecule has 1 aromatic heterocycles. The van der Waals surface area contributed by atoms with Crippen LogP contribution < -0.4 is 4.74 Å². The van der Waals surface area contributed by atoms with Crippen molar-refractivity contribution in [2.45, 2.75) is 25.4 Å². The van der Waals surface area contributed by atoms with E-state index in [4.69, 9.17) is 13.9 Å². The lowest BCUT2D eigenvalue weighted by molar-refractivity contribution is 0.00239. The Kier molecular flexibility index (Phi) is 4.86. The van der Waals surface area contributed by atoms with Crippen molar-refractivity contribution >= 4 is 11.1 Å². The topological polar surface area (TPSA) is 47.7 Å². The molecule has 1 saturated heterocycles. The summed E-state index contributed by atoms with van der Waals surface area (Å²) in [7, 11) is 1.64. The van der Waals surface area contributed by atoms with Crippen molar-refractivity contribution in [3.05, 3.63) is 60.0 Å². The number of fused-ring (bicyclic) bond motifs is 1. The minimum atomic E-state index is -1.02. The van der Waals surface area contributed by atoms with Crippen LogP contribution >= 0.6 is 0 Å². The number of rotatable bonds is 6. The molecule has 1 aliphatic rings. The molecule has 0 radical (unpaired) electrons. The zero-order valence-corrected chi connectivity index (χ0v) is 14.6. The summed E-state index contributed by atoms with van der Waals surface area (Å²) in [4.78, 5) is 6.42. The average molecular weight is 356 g/mol. The Balaban J connectivity index is 1.33. The summed E-state index contributed by atoms with van der Waals surface area (Å²) in [6, 6.07) is 15.4. The first-order valence-electron chi connectivity index (χ1n) is 8.66. The van der Waals surface area contributed by atoms with E-state index in [1.54, 1.807) is 7.11 Å². The molecule has 3 aromatic rings. The molecular formula is C20H21FN2O3. The number of alkyl halides is 1. The maximum atomic E-state index is 14.3. The number of hydrogen-bond acceptors (Lipinski definition) is 5. The number of likely N-dealkylation sites (tertiary alicyclic amines) is 1. The fraction of sp³-hybridized carbons (Fsp3) is 0.350. The summed E-state index contributed by atoms with van der Waals surface area (Å²) in [5.74, 6) is 1.30. The summed E-state index contributed by atoms with van der Waals surface area (Å²) >= 11 is 0. The van der Waals surface area contributed by atoms with Gasteiger partial charge in [0.15, 0.2) is 5.58 Å². The molecule has 136 valence electrons. The Hall–Kier alpha value is -2.44. The van der Waals surface area contributed by atoms with Gasteiger partial charge in [-0.25, -0.2) is 9.37 Å². The first-order chi connectivity index (χ1) is 12.7. The highest BCUT2D eigenvalue weighted by molar-refractivity contribution is 5.72. The average Bonchev–Trinajstić information content (AvgIpc) is 3.23. The highest BCUT2D eigenvalue weighted by Gasteiger charge is 2.33. The van der Waals surface area contributed by atoms with Gasteiger partial charge in [0, 0.05) is 19.6 Å². The lowest BCUT2D eigenvalue weighted by atomic mass is 10.2. The van der Waals surface area contributed by atoms with Gasteiger partial charge in [-0.15, -0.1) is 0 Å². The van der Waals surface area contributed by atoms with E-state index < -0.39 is 12.3 Å². The Morgan fingerprint density at radius 1 is 1.15 bits per heavy atom. The summed E-state index contributed by atoms with van der Waals surface area (Å²) in [5.41, 5.74) is 2.63. The number of benzene rings is 2. The third-order valence-electron chi connectivity index (χ3n) is 4.60. The molecule has 0 N–H and O–H groups in total. The van der Waals surface area contributed by atoms with E-state index in [-0.39, 0.29) is 6.61 Å². The molecule has 0 spiro atoms. The first kappa shape index (κ1) is 17.0. The van der Waals surface area contributed by atoms with Gasteiger partial charge in [-0.2, -0.15) is 0 Å². The quantitative estimate of drug-likeness (QED) is 0.676. The SMILES string of the molecule is COc1ccc(CN2C[C@@H](F)[C@@H](OCc3nc4ccccc4o3)C2)cc1. The van der Waals surface area contributed by atoms with Crippen LogP contribution in [0.3, 0.4) is 0 Å². The number of ether oxygens (including phenoxy) is 2. The molecule has 26 heavy (non-hydrogen) atoms. The predicted molar refractivity (Wildman–Crippen MR) is 95.8 cm³/mol. The lowest BCUT2D eigenvalue weighted by Crippen LogP contribution is -2.24. The van der Waals surface area contributed by atoms with Gasteiger partial charge in [-0.3, -0.25) is 4.90 Å². The Morgan fingerprint density at radius 2 is 1.96 bits per heavy atom. The molecule has 0 bridgehead atoms. The molecule has 0 saturated carbocycles. The van der Waals surface area contributed by atoms with E-state index in [9.17, 15) is 4.39 Å². The number of aromatic nitrogens is 1. The zero-order chi connectivity index (χ0) is 17.9. The summed E-state index contributed by atoms with van der Waals surface area (Å²) in [5, 5.41) is 0. The number of halogens is 1. The minimum absolute atomic E-state index is 0.177. The standard InChI is InChI=1S/C20H21FN2O3/c1-24-15-8-6-14(7-9-15)10-23-11-16(21)19(12-23)25-13-20-22-17-4-2-3-5-18(17)26-20/h2-9,16,19H,10-13H2,1H3/t16-,19+/m1/s1. The first-order valence-corrected chi connectivity index (χ1v) is 8.66. The molecule has 2 aromatic carbocycles. The van der Waals surface area contributed by atoms with Crippen LogP contribution in [-0.4, -0.2) is 42.4 Å². The molecule has 5 nitrogen and oxygen atoms in total. The largest absolute Gasteiger partial charge is 0.497 e. The third-order valence-corrected chi connectivity index (χ3v) is 4.60. The molecule has 0 aliphatic carbocycles. The third kappa shape index (κ3) is 3.71. The summed E-state index contributed by atoms with van der Waals surface area (Å²) < 4.78 is 30.9. The van der Waals surface area contributed by atoms with Crippen LogP contribution in [0.1, 0.15) is 11.5 Å². The second-order valence-electron chi connectivity index (χ2n) is 6.48. The smallest absolute Gasteiger partial charge is 0.221 e. The van der Waals surface area contributed by atoms with Gasteiger partial charge in [0.25, 0.3) is 0 Å². The fourth-order valence-electron chi connectivity index (χ4n) is 3.24. The van der Waals surface area contributed by atoms with Crippen LogP contribution in [0, 0.1) is 0 Å². The van der Waals surface area contributed by atoms with E-state index in [2.05, 4.69) is 9.88 Å². The number of oxazole rings is 1. The van der Waals surface area contributed by atoms with E-state index in [1.807, 2.05) is 48.5 Å². The second-order valence-corrected chi connectivity index (χ2v) is 6.48. The number of hydrogen-bond donors (Lipinski definition) is 0. The molecule has 2 heterocycles. The normalized spacial score (nSPS) is 20.7. The molecular weight excluding hydrogens is 335 g/mol. The van der Waals surface area contributed by atoms with Crippen molar-refractivity contribution in [1.82, 2.24) is 9.88 Å². The predicted octanol–water partition coefficient (Wildman–Crippen LogP) is 3.58. The van der Waals surface area contributed by atoms with E-state index in [1.165, 1.54) is 0 Å². The monoisotopic (exact) mass is 356 g/mol. The van der Waals surface area contributed by atoms with Gasteiger partial charge in [0.1, 0.15) is 30.1 Å². The number of methoxy groups -OCH3 is 1. The Labute approximate surface area is 151 Å². The highest BCUT2D eigenvalue weighted by atomic mass is 19.1. The zero-order valence-electron chi connectivity index (χ0n) is 14.6. The van der Waals surface area contributed by atoms with Gasteiger partial charge in [0.2, 0.25) is 5.89 Å². The van der Waals surface area contributed by atoms with Gasteiger partial charge in [-0.1, -0.05) is 24.3 Å². The van der Waals surface area contributed by atoms with Crippen molar-refractivity contribution in [1.29, 1.82) is 0 Å². The van der Waals surface area contributed by atoms with Gasteiger partial charge in [0.05, 0.1) is 7.11 Å².